The molecule has 0 saturated carbocycles. The van der Waals surface area contributed by atoms with E-state index in [0.717, 1.165) is 47.1 Å². The maximum absolute atomic E-state index is 10.9. The molecule has 1 aromatic heterocycles. The molecule has 1 aromatic carbocycles. The predicted molar refractivity (Wildman–Crippen MR) is 83.6 cm³/mol. The number of benzene rings is 1. The van der Waals surface area contributed by atoms with Crippen molar-refractivity contribution in [3.8, 4) is 10.6 Å². The van der Waals surface area contributed by atoms with E-state index in [2.05, 4.69) is 22.4 Å². The lowest BCUT2D eigenvalue weighted by Gasteiger charge is -1.99. The Hall–Kier alpha value is -1.86. The van der Waals surface area contributed by atoms with Crippen LogP contribution in [0.3, 0.4) is 0 Å². The van der Waals surface area contributed by atoms with Gasteiger partial charge in [0.2, 0.25) is 0 Å². The fraction of sp³-hybridized carbons (Fsp3) is 0.429. The second kappa shape index (κ2) is 7.24. The number of hydrogen-bond donors (Lipinski definition) is 1. The number of non-ortho nitro benzene ring substituents is 1. The van der Waals surface area contributed by atoms with Gasteiger partial charge in [0.1, 0.15) is 10.0 Å². The Labute approximate surface area is 127 Å². The first kappa shape index (κ1) is 15.5. The lowest BCUT2D eigenvalue weighted by Crippen LogP contribution is -2.14. The molecule has 6 nitrogen and oxygen atoms in total. The highest BCUT2D eigenvalue weighted by Gasteiger charge is 2.12. The molecule has 0 saturated heterocycles. The van der Waals surface area contributed by atoms with Gasteiger partial charge in [0.25, 0.3) is 5.69 Å². The van der Waals surface area contributed by atoms with Gasteiger partial charge in [-0.1, -0.05) is 18.3 Å². The van der Waals surface area contributed by atoms with Crippen molar-refractivity contribution in [1.29, 1.82) is 0 Å². The molecule has 21 heavy (non-hydrogen) atoms. The van der Waals surface area contributed by atoms with Crippen LogP contribution in [-0.2, 0) is 6.42 Å². The van der Waals surface area contributed by atoms with Crippen molar-refractivity contribution in [2.24, 2.45) is 0 Å². The summed E-state index contributed by atoms with van der Waals surface area (Å²) in [7, 11) is 0. The van der Waals surface area contributed by atoms with Crippen LogP contribution in [0.15, 0.2) is 18.2 Å². The largest absolute Gasteiger partial charge is 0.317 e. The second-order valence-corrected chi connectivity index (χ2v) is 5.83. The summed E-state index contributed by atoms with van der Waals surface area (Å²) in [6.45, 7) is 5.85. The first-order chi connectivity index (χ1) is 10.1. The number of nitro benzene ring substituents is 1. The number of nitrogens with one attached hydrogen (secondary N) is 1. The SMILES string of the molecule is CCNCCCc1nnc(-c2cc(C)cc([N+](=O)[O-])c2)s1. The molecule has 0 unspecified atom stereocenters. The molecule has 0 aliphatic rings. The van der Waals surface area contributed by atoms with Crippen molar-refractivity contribution in [2.45, 2.75) is 26.7 Å². The average molecular weight is 306 g/mol. The number of nitrogens with zero attached hydrogens (tertiary/aromatic N) is 3. The van der Waals surface area contributed by atoms with Gasteiger partial charge in [-0.25, -0.2) is 0 Å². The molecule has 0 aliphatic heterocycles. The van der Waals surface area contributed by atoms with Crippen LogP contribution in [0.1, 0.15) is 23.9 Å². The van der Waals surface area contributed by atoms with Gasteiger partial charge in [0, 0.05) is 24.1 Å². The van der Waals surface area contributed by atoms with E-state index in [1.807, 2.05) is 13.0 Å². The van der Waals surface area contributed by atoms with Crippen LogP contribution in [0.5, 0.6) is 0 Å². The molecule has 1 heterocycles. The minimum absolute atomic E-state index is 0.0916. The van der Waals surface area contributed by atoms with Crippen molar-refractivity contribution in [3.05, 3.63) is 38.9 Å². The fourth-order valence-electron chi connectivity index (χ4n) is 2.00. The summed E-state index contributed by atoms with van der Waals surface area (Å²) in [5, 5.41) is 24.2. The Balaban J connectivity index is 2.12. The van der Waals surface area contributed by atoms with Crippen LogP contribution in [0.4, 0.5) is 5.69 Å². The third kappa shape index (κ3) is 4.30. The van der Waals surface area contributed by atoms with Gasteiger partial charge in [-0.05, 0) is 38.1 Å². The molecule has 0 atom stereocenters. The zero-order chi connectivity index (χ0) is 15.2. The van der Waals surface area contributed by atoms with E-state index >= 15 is 0 Å². The summed E-state index contributed by atoms with van der Waals surface area (Å²) in [6.07, 6.45) is 1.88. The molecular formula is C14H18N4O2S. The quantitative estimate of drug-likeness (QED) is 0.483. The number of aromatic nitrogens is 2. The summed E-state index contributed by atoms with van der Waals surface area (Å²) >= 11 is 1.50. The maximum Gasteiger partial charge on any atom is 0.270 e. The van der Waals surface area contributed by atoms with E-state index in [1.165, 1.54) is 11.3 Å². The van der Waals surface area contributed by atoms with Crippen LogP contribution >= 0.6 is 11.3 Å². The second-order valence-electron chi connectivity index (χ2n) is 4.77. The van der Waals surface area contributed by atoms with Crippen LogP contribution in [0.2, 0.25) is 0 Å². The van der Waals surface area contributed by atoms with Crippen molar-refractivity contribution in [2.75, 3.05) is 13.1 Å². The van der Waals surface area contributed by atoms with Crippen molar-refractivity contribution in [1.82, 2.24) is 15.5 Å². The van der Waals surface area contributed by atoms with Gasteiger partial charge >= 0.3 is 0 Å². The average Bonchev–Trinajstić information content (AvgIpc) is 2.92. The Kier molecular flexibility index (Phi) is 5.35. The minimum atomic E-state index is -0.380. The van der Waals surface area contributed by atoms with Gasteiger partial charge < -0.3 is 5.32 Å². The molecule has 2 aromatic rings. The van der Waals surface area contributed by atoms with Gasteiger partial charge in [0.15, 0.2) is 0 Å². The summed E-state index contributed by atoms with van der Waals surface area (Å²) in [6, 6.07) is 5.01. The van der Waals surface area contributed by atoms with Gasteiger partial charge in [-0.3, -0.25) is 10.1 Å². The molecule has 0 radical (unpaired) electrons. The van der Waals surface area contributed by atoms with Crippen molar-refractivity contribution >= 4 is 17.0 Å². The van der Waals surface area contributed by atoms with E-state index in [1.54, 1.807) is 12.1 Å². The van der Waals surface area contributed by atoms with Crippen LogP contribution < -0.4 is 5.32 Å². The monoisotopic (exact) mass is 306 g/mol. The van der Waals surface area contributed by atoms with E-state index in [0.29, 0.717) is 0 Å². The molecule has 0 amide bonds. The Bertz CT molecular complexity index is 627. The van der Waals surface area contributed by atoms with Gasteiger partial charge in [-0.15, -0.1) is 10.2 Å². The fourth-order valence-corrected chi connectivity index (χ4v) is 2.87. The van der Waals surface area contributed by atoms with Gasteiger partial charge in [-0.2, -0.15) is 0 Å². The van der Waals surface area contributed by atoms with Crippen LogP contribution in [-0.4, -0.2) is 28.2 Å². The molecular weight excluding hydrogens is 288 g/mol. The molecule has 2 rings (SSSR count). The van der Waals surface area contributed by atoms with E-state index in [9.17, 15) is 10.1 Å². The maximum atomic E-state index is 10.9. The lowest BCUT2D eigenvalue weighted by molar-refractivity contribution is -0.384. The molecule has 0 aliphatic carbocycles. The summed E-state index contributed by atoms with van der Waals surface area (Å²) in [4.78, 5) is 10.5. The van der Waals surface area contributed by atoms with Crippen LogP contribution in [0, 0.1) is 17.0 Å². The van der Waals surface area contributed by atoms with Crippen molar-refractivity contribution < 1.29 is 4.92 Å². The van der Waals surface area contributed by atoms with Crippen molar-refractivity contribution in [3.63, 3.8) is 0 Å². The summed E-state index contributed by atoms with van der Waals surface area (Å²) in [5.41, 5.74) is 1.70. The third-order valence-corrected chi connectivity index (χ3v) is 4.01. The Morgan fingerprint density at radius 2 is 2.14 bits per heavy atom. The molecule has 0 bridgehead atoms. The molecule has 0 spiro atoms. The summed E-state index contributed by atoms with van der Waals surface area (Å²) in [5.74, 6) is 0. The molecule has 112 valence electrons. The lowest BCUT2D eigenvalue weighted by atomic mass is 10.1. The van der Waals surface area contributed by atoms with Crippen LogP contribution in [0.25, 0.3) is 10.6 Å². The number of nitro groups is 1. The first-order valence-electron chi connectivity index (χ1n) is 6.89. The van der Waals surface area contributed by atoms with Gasteiger partial charge in [0.05, 0.1) is 4.92 Å². The van der Waals surface area contributed by atoms with E-state index in [-0.39, 0.29) is 10.6 Å². The Morgan fingerprint density at radius 3 is 2.86 bits per heavy atom. The number of rotatable bonds is 7. The zero-order valence-electron chi connectivity index (χ0n) is 12.1. The Morgan fingerprint density at radius 1 is 1.33 bits per heavy atom. The smallest absolute Gasteiger partial charge is 0.270 e. The topological polar surface area (TPSA) is 81.0 Å². The molecule has 0 fully saturated rings. The highest BCUT2D eigenvalue weighted by molar-refractivity contribution is 7.14. The van der Waals surface area contributed by atoms with E-state index in [4.69, 9.17) is 0 Å². The third-order valence-electron chi connectivity index (χ3n) is 2.98. The highest BCUT2D eigenvalue weighted by atomic mass is 32.1. The standard InChI is InChI=1S/C14H18N4O2S/c1-3-15-6-4-5-13-16-17-14(21-13)11-7-10(2)8-12(9-11)18(19)20/h7-9,15H,3-6H2,1-2H3. The van der Waals surface area contributed by atoms with E-state index < -0.39 is 0 Å². The highest BCUT2D eigenvalue weighted by Crippen LogP contribution is 2.28. The first-order valence-corrected chi connectivity index (χ1v) is 7.71. The summed E-state index contributed by atoms with van der Waals surface area (Å²) < 4.78 is 0. The number of aryl methyl sites for hydroxylation is 2. The molecule has 1 N–H and O–H groups in total. The predicted octanol–water partition coefficient (Wildman–Crippen LogP) is 2.96. The molecule has 7 heteroatoms. The zero-order valence-corrected chi connectivity index (χ0v) is 12.9. The number of hydrogen-bond acceptors (Lipinski definition) is 6. The normalized spacial score (nSPS) is 10.8. The minimum Gasteiger partial charge on any atom is -0.317 e.